The molecule has 1 heterocycles. The molecule has 1 amide bonds. The third-order valence-electron chi connectivity index (χ3n) is 2.68. The average molecular weight is 308 g/mol. The van der Waals surface area contributed by atoms with Crippen LogP contribution < -0.4 is 0 Å². The van der Waals surface area contributed by atoms with Crippen molar-refractivity contribution >= 4 is 21.8 Å². The zero-order valence-electron chi connectivity index (χ0n) is 8.72. The summed E-state index contributed by atoms with van der Waals surface area (Å²) in [7, 11) is 0. The van der Waals surface area contributed by atoms with E-state index < -0.39 is 23.7 Å². The average Bonchev–Trinajstić information content (AvgIpc) is 2.71. The zero-order chi connectivity index (χ0) is 12.6. The normalized spacial score (nSPS) is 19.8. The molecule has 1 aromatic rings. The zero-order valence-corrected chi connectivity index (χ0v) is 10.3. The van der Waals surface area contributed by atoms with Gasteiger partial charge < -0.3 is 4.90 Å². The summed E-state index contributed by atoms with van der Waals surface area (Å²) in [5.74, 6) is -2.22. The van der Waals surface area contributed by atoms with Crippen LogP contribution in [0.3, 0.4) is 0 Å². The third kappa shape index (κ3) is 2.31. The van der Waals surface area contributed by atoms with Crippen molar-refractivity contribution in [3.05, 3.63) is 33.8 Å². The van der Waals surface area contributed by atoms with Gasteiger partial charge in [0.1, 0.15) is 17.8 Å². The maximum atomic E-state index is 13.5. The van der Waals surface area contributed by atoms with Crippen LogP contribution in [0.5, 0.6) is 0 Å². The molecule has 0 N–H and O–H groups in total. The van der Waals surface area contributed by atoms with Gasteiger partial charge in [0, 0.05) is 6.54 Å². The maximum absolute atomic E-state index is 13.5. The van der Waals surface area contributed by atoms with Gasteiger partial charge in [-0.1, -0.05) is 0 Å². The summed E-state index contributed by atoms with van der Waals surface area (Å²) in [5, 5.41) is 0. The number of hydrogen-bond acceptors (Lipinski definition) is 1. The first-order valence-corrected chi connectivity index (χ1v) is 5.87. The molecule has 1 atom stereocenters. The van der Waals surface area contributed by atoms with Gasteiger partial charge in [0.25, 0.3) is 5.91 Å². The van der Waals surface area contributed by atoms with E-state index in [1.165, 1.54) is 4.90 Å². The van der Waals surface area contributed by atoms with E-state index >= 15 is 0 Å². The fourth-order valence-corrected chi connectivity index (χ4v) is 2.27. The van der Waals surface area contributed by atoms with Gasteiger partial charge in [0.2, 0.25) is 0 Å². The Kier molecular flexibility index (Phi) is 3.42. The van der Waals surface area contributed by atoms with E-state index in [9.17, 15) is 18.0 Å². The molecule has 1 saturated heterocycles. The van der Waals surface area contributed by atoms with Crippen LogP contribution in [0.25, 0.3) is 0 Å². The minimum absolute atomic E-state index is 0.0682. The molecular formula is C11H9BrF3NO. The summed E-state index contributed by atoms with van der Waals surface area (Å²) in [5.41, 5.74) is -0.376. The van der Waals surface area contributed by atoms with Gasteiger partial charge in [-0.05, 0) is 34.5 Å². The molecule has 92 valence electrons. The molecule has 1 aliphatic heterocycles. The predicted molar refractivity (Wildman–Crippen MR) is 59.5 cm³/mol. The third-order valence-corrected chi connectivity index (χ3v) is 3.45. The molecule has 0 aromatic heterocycles. The van der Waals surface area contributed by atoms with E-state index in [2.05, 4.69) is 15.9 Å². The van der Waals surface area contributed by atoms with Crippen molar-refractivity contribution in [2.75, 3.05) is 13.1 Å². The van der Waals surface area contributed by atoms with Crippen LogP contribution in [0.2, 0.25) is 0 Å². The Balaban J connectivity index is 2.34. The van der Waals surface area contributed by atoms with Gasteiger partial charge in [-0.15, -0.1) is 0 Å². The fraction of sp³-hybridized carbons (Fsp3) is 0.364. The minimum Gasteiger partial charge on any atom is -0.335 e. The number of alkyl halides is 1. The molecule has 0 bridgehead atoms. The van der Waals surface area contributed by atoms with Crippen molar-refractivity contribution in [2.24, 2.45) is 0 Å². The van der Waals surface area contributed by atoms with E-state index in [1.807, 2.05) is 0 Å². The van der Waals surface area contributed by atoms with Crippen LogP contribution in [0.1, 0.15) is 16.8 Å². The van der Waals surface area contributed by atoms with Crippen molar-refractivity contribution < 1.29 is 18.0 Å². The van der Waals surface area contributed by atoms with Gasteiger partial charge in [-0.25, -0.2) is 13.2 Å². The number of nitrogens with zero attached hydrogens (tertiary/aromatic N) is 1. The lowest BCUT2D eigenvalue weighted by atomic mass is 10.2. The summed E-state index contributed by atoms with van der Waals surface area (Å²) in [4.78, 5) is 13.1. The van der Waals surface area contributed by atoms with Gasteiger partial charge in [-0.2, -0.15) is 0 Å². The van der Waals surface area contributed by atoms with Crippen LogP contribution in [-0.2, 0) is 0 Å². The second kappa shape index (κ2) is 4.68. The Morgan fingerprint density at radius 2 is 2.00 bits per heavy atom. The van der Waals surface area contributed by atoms with Crippen LogP contribution in [0.15, 0.2) is 16.6 Å². The standard InChI is InChI=1S/C11H9BrF3NO/c12-10-8(15)2-1-7(14)9(10)11(17)16-4-3-6(13)5-16/h1-2,6H,3-5H2. The van der Waals surface area contributed by atoms with Crippen molar-refractivity contribution in [2.45, 2.75) is 12.6 Å². The summed E-state index contributed by atoms with van der Waals surface area (Å²) in [6, 6.07) is 1.81. The van der Waals surface area contributed by atoms with Crippen LogP contribution in [0, 0.1) is 11.6 Å². The van der Waals surface area contributed by atoms with Crippen LogP contribution >= 0.6 is 15.9 Å². The topological polar surface area (TPSA) is 20.3 Å². The second-order valence-electron chi connectivity index (χ2n) is 3.86. The Bertz CT molecular complexity index is 466. The molecule has 1 aromatic carbocycles. The van der Waals surface area contributed by atoms with E-state index in [1.54, 1.807) is 0 Å². The van der Waals surface area contributed by atoms with Crippen LogP contribution in [-0.4, -0.2) is 30.1 Å². The second-order valence-corrected chi connectivity index (χ2v) is 4.65. The summed E-state index contributed by atoms with van der Waals surface area (Å²) in [6.45, 7) is 0.156. The van der Waals surface area contributed by atoms with Crippen molar-refractivity contribution in [1.82, 2.24) is 4.90 Å². The molecular weight excluding hydrogens is 299 g/mol. The molecule has 1 unspecified atom stereocenters. The molecule has 0 aliphatic carbocycles. The van der Waals surface area contributed by atoms with Crippen LogP contribution in [0.4, 0.5) is 13.2 Å². The number of carbonyl (C=O) groups is 1. The largest absolute Gasteiger partial charge is 0.335 e. The van der Waals surface area contributed by atoms with Crippen molar-refractivity contribution in [1.29, 1.82) is 0 Å². The number of likely N-dealkylation sites (tertiary alicyclic amines) is 1. The lowest BCUT2D eigenvalue weighted by Gasteiger charge is -2.16. The minimum atomic E-state index is -1.09. The first-order valence-electron chi connectivity index (χ1n) is 5.07. The van der Waals surface area contributed by atoms with Gasteiger partial charge >= 0.3 is 0 Å². The highest BCUT2D eigenvalue weighted by molar-refractivity contribution is 9.10. The monoisotopic (exact) mass is 307 g/mol. The molecule has 1 fully saturated rings. The number of hydrogen-bond donors (Lipinski definition) is 0. The summed E-state index contributed by atoms with van der Waals surface area (Å²) < 4.78 is 39.5. The van der Waals surface area contributed by atoms with Gasteiger partial charge in [0.15, 0.2) is 0 Å². The molecule has 2 rings (SSSR count). The summed E-state index contributed by atoms with van der Waals surface area (Å²) >= 11 is 2.84. The number of carbonyl (C=O) groups excluding carboxylic acids is 1. The molecule has 0 saturated carbocycles. The fourth-order valence-electron chi connectivity index (χ4n) is 1.78. The molecule has 0 radical (unpaired) electrons. The Labute approximate surface area is 105 Å². The predicted octanol–water partition coefficient (Wildman–Crippen LogP) is 2.91. The SMILES string of the molecule is O=C(c1c(F)ccc(F)c1Br)N1CCC(F)C1. The summed E-state index contributed by atoms with van der Waals surface area (Å²) in [6.07, 6.45) is -0.852. The van der Waals surface area contributed by atoms with Crippen molar-refractivity contribution in [3.63, 3.8) is 0 Å². The van der Waals surface area contributed by atoms with E-state index in [-0.39, 0.29) is 29.5 Å². The van der Waals surface area contributed by atoms with Gasteiger partial charge in [-0.3, -0.25) is 4.79 Å². The number of benzene rings is 1. The molecule has 2 nitrogen and oxygen atoms in total. The number of amides is 1. The Morgan fingerprint density at radius 3 is 2.59 bits per heavy atom. The molecule has 0 spiro atoms. The Morgan fingerprint density at radius 1 is 1.35 bits per heavy atom. The quantitative estimate of drug-likeness (QED) is 0.731. The lowest BCUT2D eigenvalue weighted by Crippen LogP contribution is -2.30. The highest BCUT2D eigenvalue weighted by atomic mass is 79.9. The molecule has 1 aliphatic rings. The molecule has 6 heteroatoms. The van der Waals surface area contributed by atoms with Gasteiger partial charge in [0.05, 0.1) is 16.6 Å². The smallest absolute Gasteiger partial charge is 0.258 e. The van der Waals surface area contributed by atoms with E-state index in [0.29, 0.717) is 0 Å². The number of halogens is 4. The Hall–Kier alpha value is -1.04. The van der Waals surface area contributed by atoms with E-state index in [0.717, 1.165) is 12.1 Å². The highest BCUT2D eigenvalue weighted by Gasteiger charge is 2.30. The van der Waals surface area contributed by atoms with Crippen molar-refractivity contribution in [3.8, 4) is 0 Å². The first-order chi connectivity index (χ1) is 8.00. The van der Waals surface area contributed by atoms with E-state index in [4.69, 9.17) is 0 Å². The highest BCUT2D eigenvalue weighted by Crippen LogP contribution is 2.26. The lowest BCUT2D eigenvalue weighted by molar-refractivity contribution is 0.0776. The maximum Gasteiger partial charge on any atom is 0.258 e. The first kappa shape index (κ1) is 12.4. The molecule has 17 heavy (non-hydrogen) atoms. The number of rotatable bonds is 1.